The van der Waals surface area contributed by atoms with Gasteiger partial charge in [-0.2, -0.15) is 5.26 Å². The average Bonchev–Trinajstić information content (AvgIpc) is 2.09. The lowest BCUT2D eigenvalue weighted by atomic mass is 9.86. The SMILES string of the molecule is COC(C#N)C1CCCCC1. The van der Waals surface area contributed by atoms with Crippen molar-refractivity contribution in [3.05, 3.63) is 0 Å². The zero-order valence-corrected chi connectivity index (χ0v) is 7.05. The Hall–Kier alpha value is -0.550. The summed E-state index contributed by atoms with van der Waals surface area (Å²) < 4.78 is 5.08. The number of hydrogen-bond donors (Lipinski definition) is 0. The summed E-state index contributed by atoms with van der Waals surface area (Å²) in [5, 5.41) is 8.70. The van der Waals surface area contributed by atoms with Crippen molar-refractivity contribution in [2.24, 2.45) is 5.92 Å². The second-order valence-corrected chi connectivity index (χ2v) is 3.18. The van der Waals surface area contributed by atoms with Crippen LogP contribution in [-0.4, -0.2) is 13.2 Å². The Labute approximate surface area is 68.2 Å². The van der Waals surface area contributed by atoms with E-state index in [4.69, 9.17) is 10.00 Å². The molecule has 0 aliphatic heterocycles. The van der Waals surface area contributed by atoms with Gasteiger partial charge in [0.1, 0.15) is 6.10 Å². The maximum atomic E-state index is 8.70. The Morgan fingerprint density at radius 1 is 1.36 bits per heavy atom. The van der Waals surface area contributed by atoms with Crippen LogP contribution >= 0.6 is 0 Å². The summed E-state index contributed by atoms with van der Waals surface area (Å²) >= 11 is 0. The van der Waals surface area contributed by atoms with Crippen LogP contribution in [-0.2, 0) is 4.74 Å². The van der Waals surface area contributed by atoms with Crippen molar-refractivity contribution in [2.45, 2.75) is 38.2 Å². The summed E-state index contributed by atoms with van der Waals surface area (Å²) in [6.07, 6.45) is 6.06. The Kier molecular flexibility index (Phi) is 3.38. The number of methoxy groups -OCH3 is 1. The molecule has 0 heterocycles. The monoisotopic (exact) mass is 153 g/mol. The zero-order chi connectivity index (χ0) is 8.10. The van der Waals surface area contributed by atoms with E-state index in [1.807, 2.05) is 0 Å². The quantitative estimate of drug-likeness (QED) is 0.608. The van der Waals surface area contributed by atoms with Crippen molar-refractivity contribution >= 4 is 0 Å². The minimum atomic E-state index is -0.157. The highest BCUT2D eigenvalue weighted by molar-refractivity contribution is 4.90. The molecular weight excluding hydrogens is 138 g/mol. The molecule has 0 spiro atoms. The van der Waals surface area contributed by atoms with E-state index in [2.05, 4.69) is 6.07 Å². The maximum absolute atomic E-state index is 8.70. The zero-order valence-electron chi connectivity index (χ0n) is 7.05. The molecule has 2 nitrogen and oxygen atoms in total. The van der Waals surface area contributed by atoms with Gasteiger partial charge in [0.15, 0.2) is 0 Å². The summed E-state index contributed by atoms with van der Waals surface area (Å²) in [7, 11) is 1.63. The second-order valence-electron chi connectivity index (χ2n) is 3.18. The van der Waals surface area contributed by atoms with Gasteiger partial charge in [-0.15, -0.1) is 0 Å². The fraction of sp³-hybridized carbons (Fsp3) is 0.889. The van der Waals surface area contributed by atoms with Crippen molar-refractivity contribution < 1.29 is 4.74 Å². The molecule has 0 aromatic carbocycles. The molecule has 1 saturated carbocycles. The predicted molar refractivity (Wildman–Crippen MR) is 43.0 cm³/mol. The van der Waals surface area contributed by atoms with Gasteiger partial charge in [0.05, 0.1) is 6.07 Å². The van der Waals surface area contributed by atoms with Gasteiger partial charge in [-0.3, -0.25) is 0 Å². The van der Waals surface area contributed by atoms with Gasteiger partial charge >= 0.3 is 0 Å². The first kappa shape index (κ1) is 8.55. The van der Waals surface area contributed by atoms with Crippen molar-refractivity contribution in [3.8, 4) is 6.07 Å². The van der Waals surface area contributed by atoms with Gasteiger partial charge in [-0.25, -0.2) is 0 Å². The Bertz CT molecular complexity index is 144. The molecule has 2 heteroatoms. The van der Waals surface area contributed by atoms with Crippen LogP contribution in [0.25, 0.3) is 0 Å². The second kappa shape index (κ2) is 4.35. The molecule has 1 rings (SSSR count). The van der Waals surface area contributed by atoms with Gasteiger partial charge < -0.3 is 4.74 Å². The molecular formula is C9H15NO. The Morgan fingerprint density at radius 3 is 2.45 bits per heavy atom. The molecule has 1 atom stereocenters. The smallest absolute Gasteiger partial charge is 0.146 e. The van der Waals surface area contributed by atoms with Crippen molar-refractivity contribution in [1.29, 1.82) is 5.26 Å². The van der Waals surface area contributed by atoms with Crippen LogP contribution in [0.5, 0.6) is 0 Å². The lowest BCUT2D eigenvalue weighted by Crippen LogP contribution is -2.23. The first-order chi connectivity index (χ1) is 5.38. The molecule has 62 valence electrons. The van der Waals surface area contributed by atoms with Gasteiger partial charge in [-0.05, 0) is 18.8 Å². The lowest BCUT2D eigenvalue weighted by molar-refractivity contribution is 0.0774. The van der Waals surface area contributed by atoms with E-state index in [-0.39, 0.29) is 6.10 Å². The van der Waals surface area contributed by atoms with Crippen LogP contribution in [0.4, 0.5) is 0 Å². The highest BCUT2D eigenvalue weighted by Crippen LogP contribution is 2.27. The maximum Gasteiger partial charge on any atom is 0.146 e. The molecule has 0 amide bonds. The van der Waals surface area contributed by atoms with Gasteiger partial charge in [0.25, 0.3) is 0 Å². The Balaban J connectivity index is 2.38. The number of hydrogen-bond acceptors (Lipinski definition) is 2. The largest absolute Gasteiger partial charge is 0.366 e. The minimum Gasteiger partial charge on any atom is -0.366 e. The fourth-order valence-corrected chi connectivity index (χ4v) is 1.79. The topological polar surface area (TPSA) is 33.0 Å². The van der Waals surface area contributed by atoms with Crippen LogP contribution in [0.3, 0.4) is 0 Å². The molecule has 0 radical (unpaired) electrons. The standard InChI is InChI=1S/C9H15NO/c1-11-9(7-10)8-5-3-2-4-6-8/h8-9H,2-6H2,1H3. The highest BCUT2D eigenvalue weighted by atomic mass is 16.5. The third kappa shape index (κ3) is 2.20. The number of nitriles is 1. The van der Waals surface area contributed by atoms with Crippen LogP contribution in [0.15, 0.2) is 0 Å². The fourth-order valence-electron chi connectivity index (χ4n) is 1.79. The van der Waals surface area contributed by atoms with Crippen LogP contribution in [0, 0.1) is 17.2 Å². The third-order valence-electron chi connectivity index (χ3n) is 2.46. The van der Waals surface area contributed by atoms with Crippen LogP contribution in [0.1, 0.15) is 32.1 Å². The van der Waals surface area contributed by atoms with E-state index in [0.29, 0.717) is 5.92 Å². The first-order valence-electron chi connectivity index (χ1n) is 4.31. The van der Waals surface area contributed by atoms with Gasteiger partial charge in [0.2, 0.25) is 0 Å². The van der Waals surface area contributed by atoms with E-state index in [9.17, 15) is 0 Å². The predicted octanol–water partition coefficient (Wildman–Crippen LogP) is 2.11. The van der Waals surface area contributed by atoms with E-state index < -0.39 is 0 Å². The van der Waals surface area contributed by atoms with Crippen molar-refractivity contribution in [1.82, 2.24) is 0 Å². The van der Waals surface area contributed by atoms with Crippen LogP contribution < -0.4 is 0 Å². The average molecular weight is 153 g/mol. The normalized spacial score (nSPS) is 22.5. The molecule has 1 aliphatic rings. The molecule has 1 aliphatic carbocycles. The van der Waals surface area contributed by atoms with Gasteiger partial charge in [0, 0.05) is 7.11 Å². The lowest BCUT2D eigenvalue weighted by Gasteiger charge is -2.24. The van der Waals surface area contributed by atoms with E-state index >= 15 is 0 Å². The van der Waals surface area contributed by atoms with Crippen molar-refractivity contribution in [2.75, 3.05) is 7.11 Å². The molecule has 11 heavy (non-hydrogen) atoms. The summed E-state index contributed by atoms with van der Waals surface area (Å²) in [6, 6.07) is 2.20. The number of nitrogens with zero attached hydrogens (tertiary/aromatic N) is 1. The minimum absolute atomic E-state index is 0.157. The van der Waals surface area contributed by atoms with Crippen LogP contribution in [0.2, 0.25) is 0 Å². The summed E-state index contributed by atoms with van der Waals surface area (Å²) in [5.74, 6) is 0.499. The molecule has 0 bridgehead atoms. The number of rotatable bonds is 2. The third-order valence-corrected chi connectivity index (χ3v) is 2.46. The highest BCUT2D eigenvalue weighted by Gasteiger charge is 2.22. The summed E-state index contributed by atoms with van der Waals surface area (Å²) in [4.78, 5) is 0. The molecule has 1 fully saturated rings. The molecule has 0 aromatic heterocycles. The summed E-state index contributed by atoms with van der Waals surface area (Å²) in [5.41, 5.74) is 0. The van der Waals surface area contributed by atoms with E-state index in [0.717, 1.165) is 0 Å². The van der Waals surface area contributed by atoms with Gasteiger partial charge in [-0.1, -0.05) is 19.3 Å². The molecule has 1 unspecified atom stereocenters. The van der Waals surface area contributed by atoms with E-state index in [1.165, 1.54) is 32.1 Å². The van der Waals surface area contributed by atoms with E-state index in [1.54, 1.807) is 7.11 Å². The van der Waals surface area contributed by atoms with Crippen molar-refractivity contribution in [3.63, 3.8) is 0 Å². The molecule has 0 N–H and O–H groups in total. The molecule has 0 aromatic rings. The molecule has 0 saturated heterocycles. The first-order valence-corrected chi connectivity index (χ1v) is 4.31. The number of ether oxygens (including phenoxy) is 1. The Morgan fingerprint density at radius 2 is 2.00 bits per heavy atom. The summed E-state index contributed by atoms with van der Waals surface area (Å²) in [6.45, 7) is 0.